The summed E-state index contributed by atoms with van der Waals surface area (Å²) in [5.41, 5.74) is -0.517. The summed E-state index contributed by atoms with van der Waals surface area (Å²) < 4.78 is 0. The largest absolute Gasteiger partial charge is 0.370 e. The van der Waals surface area contributed by atoms with Crippen molar-refractivity contribution in [1.29, 1.82) is 0 Å². The molecule has 1 aliphatic heterocycles. The van der Waals surface area contributed by atoms with E-state index in [1.165, 1.54) is 0 Å². The van der Waals surface area contributed by atoms with Crippen molar-refractivity contribution in [3.8, 4) is 0 Å². The first kappa shape index (κ1) is 10.6. The molecular formula is C10H10N2O4. The summed E-state index contributed by atoms with van der Waals surface area (Å²) >= 11 is 0. The molecule has 0 fully saturated rings. The van der Waals surface area contributed by atoms with Gasteiger partial charge in [-0.05, 0) is 13.0 Å². The molecule has 1 aromatic carbocycles. The average molecular weight is 222 g/mol. The number of rotatable bonds is 2. The molecule has 0 saturated heterocycles. The second-order valence-electron chi connectivity index (χ2n) is 3.85. The maximum atomic E-state index is 11.5. The van der Waals surface area contributed by atoms with Crippen LogP contribution in [0.5, 0.6) is 0 Å². The number of aryl methyl sites for hydroxylation is 1. The van der Waals surface area contributed by atoms with Gasteiger partial charge in [0.2, 0.25) is 12.1 Å². The fraction of sp³-hybridized carbons (Fsp3) is 0.300. The first-order valence-corrected chi connectivity index (χ1v) is 4.70. The van der Waals surface area contributed by atoms with E-state index in [9.17, 15) is 20.0 Å². The van der Waals surface area contributed by atoms with Gasteiger partial charge >= 0.3 is 0 Å². The van der Waals surface area contributed by atoms with E-state index >= 15 is 0 Å². The van der Waals surface area contributed by atoms with Crippen molar-refractivity contribution >= 4 is 11.6 Å². The lowest BCUT2D eigenvalue weighted by molar-refractivity contribution is -0.498. The molecule has 84 valence electrons. The van der Waals surface area contributed by atoms with Gasteiger partial charge in [0.1, 0.15) is 0 Å². The molecule has 0 spiro atoms. The van der Waals surface area contributed by atoms with Gasteiger partial charge in [-0.25, -0.2) is 0 Å². The predicted molar refractivity (Wildman–Crippen MR) is 55.6 cm³/mol. The summed E-state index contributed by atoms with van der Waals surface area (Å²) in [6, 6.07) is 4.97. The lowest BCUT2D eigenvalue weighted by Gasteiger charge is -2.15. The van der Waals surface area contributed by atoms with Crippen molar-refractivity contribution in [2.24, 2.45) is 0 Å². The number of nitrogens with one attached hydrogen (secondary N) is 1. The molecule has 0 aliphatic carbocycles. The fourth-order valence-corrected chi connectivity index (χ4v) is 1.80. The van der Waals surface area contributed by atoms with Gasteiger partial charge < -0.3 is 10.4 Å². The summed E-state index contributed by atoms with van der Waals surface area (Å²) in [6.07, 6.45) is 0. The molecule has 1 heterocycles. The van der Waals surface area contributed by atoms with E-state index < -0.39 is 23.0 Å². The van der Waals surface area contributed by atoms with E-state index in [0.29, 0.717) is 5.69 Å². The second-order valence-corrected chi connectivity index (χ2v) is 3.85. The summed E-state index contributed by atoms with van der Waals surface area (Å²) in [5.74, 6) is -0.746. The number of hydrogen-bond acceptors (Lipinski definition) is 4. The lowest BCUT2D eigenvalue weighted by atomic mass is 9.94. The molecular weight excluding hydrogens is 212 g/mol. The normalized spacial score (nSPS) is 22.8. The fourth-order valence-electron chi connectivity index (χ4n) is 1.80. The maximum Gasteiger partial charge on any atom is 0.268 e. The topological polar surface area (TPSA) is 92.5 Å². The van der Waals surface area contributed by atoms with Gasteiger partial charge in [-0.1, -0.05) is 17.7 Å². The molecule has 16 heavy (non-hydrogen) atoms. The molecule has 6 heteroatoms. The number of carbonyl (C=O) groups is 1. The summed E-state index contributed by atoms with van der Waals surface area (Å²) in [6.45, 7) is 0.963. The summed E-state index contributed by atoms with van der Waals surface area (Å²) in [5, 5.41) is 22.9. The van der Waals surface area contributed by atoms with Crippen LogP contribution < -0.4 is 5.32 Å². The van der Waals surface area contributed by atoms with Crippen molar-refractivity contribution in [3.05, 3.63) is 39.4 Å². The van der Waals surface area contributed by atoms with Crippen LogP contribution in [-0.2, 0) is 10.4 Å². The first-order valence-electron chi connectivity index (χ1n) is 4.70. The standard InChI is InChI=1S/C10H10N2O4/c1-6-2-3-8-7(4-6)10(14,5-12(15)16)9(13)11-8/h2-4,14H,5H2,1H3,(H,11,13). The van der Waals surface area contributed by atoms with Gasteiger partial charge in [-0.3, -0.25) is 14.9 Å². The lowest BCUT2D eigenvalue weighted by Crippen LogP contribution is -2.40. The number of carbonyl (C=O) groups excluding carboxylic acids is 1. The number of amides is 1. The summed E-state index contributed by atoms with van der Waals surface area (Å²) in [4.78, 5) is 21.3. The Morgan fingerprint density at radius 2 is 2.25 bits per heavy atom. The number of anilines is 1. The van der Waals surface area contributed by atoms with Gasteiger partial charge in [-0.15, -0.1) is 0 Å². The van der Waals surface area contributed by atoms with E-state index in [0.717, 1.165) is 5.56 Å². The van der Waals surface area contributed by atoms with E-state index in [2.05, 4.69) is 5.32 Å². The number of benzene rings is 1. The van der Waals surface area contributed by atoms with Crippen LogP contribution in [0.15, 0.2) is 18.2 Å². The first-order chi connectivity index (χ1) is 7.43. The molecule has 2 rings (SSSR count). The number of aliphatic hydroxyl groups is 1. The highest BCUT2D eigenvalue weighted by Crippen LogP contribution is 2.36. The van der Waals surface area contributed by atoms with E-state index in [1.807, 2.05) is 0 Å². The Hall–Kier alpha value is -1.95. The van der Waals surface area contributed by atoms with Crippen LogP contribution in [0.4, 0.5) is 5.69 Å². The molecule has 0 bridgehead atoms. The zero-order valence-corrected chi connectivity index (χ0v) is 8.56. The Balaban J connectivity index is 2.53. The molecule has 1 amide bonds. The van der Waals surface area contributed by atoms with Gasteiger partial charge in [-0.2, -0.15) is 0 Å². The number of hydrogen-bond donors (Lipinski definition) is 2. The van der Waals surface area contributed by atoms with Crippen LogP contribution in [0.3, 0.4) is 0 Å². The smallest absolute Gasteiger partial charge is 0.268 e. The zero-order valence-electron chi connectivity index (χ0n) is 8.56. The molecule has 1 aliphatic rings. The maximum absolute atomic E-state index is 11.5. The van der Waals surface area contributed by atoms with Crippen LogP contribution >= 0.6 is 0 Å². The monoisotopic (exact) mass is 222 g/mol. The Morgan fingerprint density at radius 1 is 1.56 bits per heavy atom. The van der Waals surface area contributed by atoms with Gasteiger partial charge in [0.05, 0.1) is 0 Å². The van der Waals surface area contributed by atoms with Gasteiger partial charge in [0.25, 0.3) is 5.91 Å². The minimum Gasteiger partial charge on any atom is -0.370 e. The van der Waals surface area contributed by atoms with Crippen LogP contribution in [0.1, 0.15) is 11.1 Å². The summed E-state index contributed by atoms with van der Waals surface area (Å²) in [7, 11) is 0. The molecule has 0 aromatic heterocycles. The highest BCUT2D eigenvalue weighted by atomic mass is 16.6. The van der Waals surface area contributed by atoms with E-state index in [1.54, 1.807) is 25.1 Å². The van der Waals surface area contributed by atoms with Crippen LogP contribution in [-0.4, -0.2) is 22.5 Å². The third-order valence-corrected chi connectivity index (χ3v) is 2.60. The van der Waals surface area contributed by atoms with Crippen molar-refractivity contribution in [2.45, 2.75) is 12.5 Å². The average Bonchev–Trinajstić information content (AvgIpc) is 2.40. The van der Waals surface area contributed by atoms with E-state index in [-0.39, 0.29) is 5.56 Å². The molecule has 1 atom stereocenters. The SMILES string of the molecule is Cc1ccc2c(c1)C(O)(C[N+](=O)[O-])C(=O)N2. The predicted octanol–water partition coefficient (Wildman–Crippen LogP) is 0.411. The molecule has 1 aromatic rings. The Bertz CT molecular complexity index is 486. The van der Waals surface area contributed by atoms with E-state index in [4.69, 9.17) is 0 Å². The third-order valence-electron chi connectivity index (χ3n) is 2.60. The van der Waals surface area contributed by atoms with Crippen LogP contribution in [0.2, 0.25) is 0 Å². The molecule has 6 nitrogen and oxygen atoms in total. The Kier molecular flexibility index (Phi) is 2.16. The Morgan fingerprint density at radius 3 is 2.88 bits per heavy atom. The van der Waals surface area contributed by atoms with Crippen molar-refractivity contribution < 1.29 is 14.8 Å². The van der Waals surface area contributed by atoms with Gasteiger partial charge in [0.15, 0.2) is 0 Å². The van der Waals surface area contributed by atoms with Crippen molar-refractivity contribution in [3.63, 3.8) is 0 Å². The second kappa shape index (κ2) is 3.28. The molecule has 2 N–H and O–H groups in total. The minimum atomic E-state index is -2.05. The zero-order chi connectivity index (χ0) is 11.9. The molecule has 1 unspecified atom stereocenters. The molecule has 0 radical (unpaired) electrons. The number of nitrogens with zero attached hydrogens (tertiary/aromatic N) is 1. The van der Waals surface area contributed by atoms with Gasteiger partial charge in [0, 0.05) is 16.2 Å². The van der Waals surface area contributed by atoms with Crippen molar-refractivity contribution in [1.82, 2.24) is 0 Å². The Labute approximate surface area is 91.0 Å². The highest BCUT2D eigenvalue weighted by Gasteiger charge is 2.49. The number of nitro groups is 1. The van der Waals surface area contributed by atoms with Crippen LogP contribution in [0.25, 0.3) is 0 Å². The molecule has 0 saturated carbocycles. The third kappa shape index (κ3) is 1.43. The quantitative estimate of drug-likeness (QED) is 0.560. The van der Waals surface area contributed by atoms with Crippen molar-refractivity contribution in [2.75, 3.05) is 11.9 Å². The minimum absolute atomic E-state index is 0.272. The highest BCUT2D eigenvalue weighted by molar-refractivity contribution is 6.05. The van der Waals surface area contributed by atoms with Crippen LogP contribution in [0, 0.1) is 17.0 Å². The number of fused-ring (bicyclic) bond motifs is 1.